The number of nitrogens with one attached hydrogen (secondary N) is 1. The van der Waals surface area contributed by atoms with E-state index in [0.29, 0.717) is 0 Å². The van der Waals surface area contributed by atoms with Crippen molar-refractivity contribution in [2.24, 2.45) is 5.92 Å². The quantitative estimate of drug-likeness (QED) is 0.940. The maximum Gasteiger partial charge on any atom is 0.260 e. The van der Waals surface area contributed by atoms with Gasteiger partial charge in [-0.2, -0.15) is 0 Å². The lowest BCUT2D eigenvalue weighted by molar-refractivity contribution is 0.0685. The number of amides is 1. The van der Waals surface area contributed by atoms with Crippen LogP contribution in [0.2, 0.25) is 0 Å². The number of aryl methyl sites for hydroxylation is 2. The van der Waals surface area contributed by atoms with Crippen molar-refractivity contribution in [1.82, 2.24) is 9.88 Å². The molecule has 23 heavy (non-hydrogen) atoms. The average Bonchev–Trinajstić information content (AvgIpc) is 2.48. The molecule has 0 aliphatic carbocycles. The molecule has 0 radical (unpaired) electrons. The molecule has 1 unspecified atom stereocenters. The van der Waals surface area contributed by atoms with Gasteiger partial charge in [-0.3, -0.25) is 9.59 Å². The van der Waals surface area contributed by atoms with Crippen LogP contribution in [0.15, 0.2) is 41.2 Å². The summed E-state index contributed by atoms with van der Waals surface area (Å²) in [5.41, 5.74) is 2.84. The summed E-state index contributed by atoms with van der Waals surface area (Å²) in [5, 5.41) is 0. The number of nitrogens with zero attached hydrogens (tertiary/aromatic N) is 1. The number of aromatic amines is 1. The van der Waals surface area contributed by atoms with Crippen molar-refractivity contribution in [1.29, 1.82) is 0 Å². The maximum atomic E-state index is 12.8. The fraction of sp³-hybridized carbons (Fsp3) is 0.368. The van der Waals surface area contributed by atoms with Crippen LogP contribution < -0.4 is 5.56 Å². The average molecular weight is 312 g/mol. The zero-order chi connectivity index (χ0) is 17.1. The van der Waals surface area contributed by atoms with Crippen molar-refractivity contribution in [3.8, 4) is 0 Å². The van der Waals surface area contributed by atoms with Crippen molar-refractivity contribution < 1.29 is 4.79 Å². The Morgan fingerprint density at radius 3 is 2.30 bits per heavy atom. The van der Waals surface area contributed by atoms with Gasteiger partial charge in [-0.15, -0.1) is 0 Å². The second kappa shape index (κ2) is 6.82. The summed E-state index contributed by atoms with van der Waals surface area (Å²) in [6.45, 7) is 8.01. The highest BCUT2D eigenvalue weighted by atomic mass is 16.2. The third-order valence-electron chi connectivity index (χ3n) is 4.16. The highest BCUT2D eigenvalue weighted by Gasteiger charge is 2.27. The third-order valence-corrected chi connectivity index (χ3v) is 4.16. The number of rotatable bonds is 4. The summed E-state index contributed by atoms with van der Waals surface area (Å²) in [5.74, 6) is -0.0252. The molecule has 1 heterocycles. The highest BCUT2D eigenvalue weighted by molar-refractivity contribution is 5.94. The molecule has 1 atom stereocenters. The molecule has 2 aromatic rings. The fourth-order valence-electron chi connectivity index (χ4n) is 2.99. The second-order valence-corrected chi connectivity index (χ2v) is 6.35. The van der Waals surface area contributed by atoms with E-state index in [0.717, 1.165) is 16.8 Å². The Morgan fingerprint density at radius 2 is 1.74 bits per heavy atom. The number of hydrogen-bond acceptors (Lipinski definition) is 2. The van der Waals surface area contributed by atoms with Gasteiger partial charge in [0.05, 0.1) is 6.04 Å². The Labute approximate surface area is 137 Å². The minimum atomic E-state index is -0.339. The smallest absolute Gasteiger partial charge is 0.260 e. The van der Waals surface area contributed by atoms with E-state index in [1.54, 1.807) is 31.0 Å². The third kappa shape index (κ3) is 3.52. The summed E-state index contributed by atoms with van der Waals surface area (Å²) in [7, 11) is 1.76. The molecule has 1 amide bonds. The summed E-state index contributed by atoms with van der Waals surface area (Å²) in [4.78, 5) is 29.3. The monoisotopic (exact) mass is 312 g/mol. The maximum absolute atomic E-state index is 12.8. The first-order valence-electron chi connectivity index (χ1n) is 7.85. The second-order valence-electron chi connectivity index (χ2n) is 6.35. The van der Waals surface area contributed by atoms with Crippen molar-refractivity contribution >= 4 is 5.91 Å². The van der Waals surface area contributed by atoms with Crippen LogP contribution in [-0.4, -0.2) is 22.8 Å². The summed E-state index contributed by atoms with van der Waals surface area (Å²) < 4.78 is 0. The summed E-state index contributed by atoms with van der Waals surface area (Å²) in [6.07, 6.45) is 0. The van der Waals surface area contributed by atoms with Crippen LogP contribution in [0.25, 0.3) is 0 Å². The highest BCUT2D eigenvalue weighted by Crippen LogP contribution is 2.30. The first kappa shape index (κ1) is 17.0. The SMILES string of the molecule is Cc1ccc(C(=O)N(C)C(c2ccccc2C)C(C)C)c(=O)[nH]1. The van der Waals surface area contributed by atoms with Crippen LogP contribution in [-0.2, 0) is 0 Å². The lowest BCUT2D eigenvalue weighted by Gasteiger charge is -2.32. The molecule has 1 N–H and O–H groups in total. The predicted molar refractivity (Wildman–Crippen MR) is 92.7 cm³/mol. The number of carbonyl (C=O) groups is 1. The molecule has 0 spiro atoms. The Bertz CT molecular complexity index is 762. The molecular formula is C19H24N2O2. The van der Waals surface area contributed by atoms with Gasteiger partial charge in [0, 0.05) is 12.7 Å². The number of aromatic nitrogens is 1. The molecule has 1 aromatic carbocycles. The number of carbonyl (C=O) groups excluding carboxylic acids is 1. The Morgan fingerprint density at radius 1 is 1.09 bits per heavy atom. The van der Waals surface area contributed by atoms with Crippen LogP contribution in [0.1, 0.15) is 47.1 Å². The molecule has 4 nitrogen and oxygen atoms in total. The zero-order valence-electron chi connectivity index (χ0n) is 14.4. The first-order chi connectivity index (χ1) is 10.8. The van der Waals surface area contributed by atoms with Crippen LogP contribution in [0.4, 0.5) is 0 Å². The lowest BCUT2D eigenvalue weighted by atomic mass is 9.91. The van der Waals surface area contributed by atoms with Gasteiger partial charge in [0.2, 0.25) is 0 Å². The van der Waals surface area contributed by atoms with Crippen LogP contribution in [0.5, 0.6) is 0 Å². The molecule has 2 rings (SSSR count). The van der Waals surface area contributed by atoms with Crippen molar-refractivity contribution in [2.45, 2.75) is 33.7 Å². The van der Waals surface area contributed by atoms with Crippen molar-refractivity contribution in [3.05, 3.63) is 69.1 Å². The fourth-order valence-corrected chi connectivity index (χ4v) is 2.99. The number of benzene rings is 1. The molecule has 122 valence electrons. The molecule has 0 saturated carbocycles. The molecular weight excluding hydrogens is 288 g/mol. The molecule has 4 heteroatoms. The van der Waals surface area contributed by atoms with Crippen LogP contribution in [0.3, 0.4) is 0 Å². The van der Waals surface area contributed by atoms with Gasteiger partial charge in [-0.1, -0.05) is 38.1 Å². The van der Waals surface area contributed by atoms with Gasteiger partial charge in [0.15, 0.2) is 0 Å². The zero-order valence-corrected chi connectivity index (χ0v) is 14.4. The lowest BCUT2D eigenvalue weighted by Crippen LogP contribution is -2.37. The van der Waals surface area contributed by atoms with Crippen molar-refractivity contribution in [3.63, 3.8) is 0 Å². The molecule has 0 saturated heterocycles. The van der Waals surface area contributed by atoms with E-state index < -0.39 is 0 Å². The van der Waals surface area contributed by atoms with E-state index in [4.69, 9.17) is 0 Å². The van der Waals surface area contributed by atoms with E-state index in [1.807, 2.05) is 31.2 Å². The van der Waals surface area contributed by atoms with Crippen LogP contribution >= 0.6 is 0 Å². The molecule has 0 aliphatic rings. The van der Waals surface area contributed by atoms with E-state index in [9.17, 15) is 9.59 Å². The van der Waals surface area contributed by atoms with Gasteiger partial charge in [0.25, 0.3) is 11.5 Å². The Balaban J connectivity index is 2.42. The Kier molecular flexibility index (Phi) is 5.04. The standard InChI is InChI=1S/C19H24N2O2/c1-12(2)17(15-9-7-6-8-13(15)3)21(5)19(23)16-11-10-14(4)20-18(16)22/h6-12,17H,1-5H3,(H,20,22). The summed E-state index contributed by atoms with van der Waals surface area (Å²) in [6, 6.07) is 11.3. The van der Waals surface area contributed by atoms with E-state index in [-0.39, 0.29) is 29.0 Å². The van der Waals surface area contributed by atoms with E-state index in [1.165, 1.54) is 0 Å². The number of H-pyrrole nitrogens is 1. The largest absolute Gasteiger partial charge is 0.334 e. The van der Waals surface area contributed by atoms with Gasteiger partial charge in [-0.05, 0) is 43.0 Å². The first-order valence-corrected chi connectivity index (χ1v) is 7.85. The summed E-state index contributed by atoms with van der Waals surface area (Å²) >= 11 is 0. The molecule has 0 bridgehead atoms. The van der Waals surface area contributed by atoms with E-state index in [2.05, 4.69) is 18.8 Å². The number of hydrogen-bond donors (Lipinski definition) is 1. The van der Waals surface area contributed by atoms with Crippen LogP contribution in [0, 0.1) is 19.8 Å². The normalized spacial score (nSPS) is 12.3. The van der Waals surface area contributed by atoms with Crippen molar-refractivity contribution in [2.75, 3.05) is 7.05 Å². The molecule has 0 fully saturated rings. The Hall–Kier alpha value is -2.36. The van der Waals surface area contributed by atoms with Gasteiger partial charge in [0.1, 0.15) is 5.56 Å². The predicted octanol–water partition coefficient (Wildman–Crippen LogP) is 3.46. The number of pyridine rings is 1. The molecule has 0 aliphatic heterocycles. The van der Waals surface area contributed by atoms with Gasteiger partial charge >= 0.3 is 0 Å². The van der Waals surface area contributed by atoms with Gasteiger partial charge in [-0.25, -0.2) is 0 Å². The molecule has 1 aromatic heterocycles. The van der Waals surface area contributed by atoms with E-state index >= 15 is 0 Å². The topological polar surface area (TPSA) is 53.2 Å². The minimum absolute atomic E-state index is 0.0793. The van der Waals surface area contributed by atoms with Gasteiger partial charge < -0.3 is 9.88 Å². The minimum Gasteiger partial charge on any atom is -0.334 e.